The lowest BCUT2D eigenvalue weighted by Crippen LogP contribution is -2.19. The minimum atomic E-state index is 0.0938. The molecule has 0 heterocycles. The molecule has 0 saturated heterocycles. The van der Waals surface area contributed by atoms with E-state index in [0.29, 0.717) is 0 Å². The lowest BCUT2D eigenvalue weighted by molar-refractivity contribution is 0.193. The second-order valence-electron chi connectivity index (χ2n) is 4.92. The lowest BCUT2D eigenvalue weighted by Gasteiger charge is -2.21. The van der Waals surface area contributed by atoms with Crippen LogP contribution < -0.4 is 10.1 Å². The molecule has 0 aliphatic rings. The van der Waals surface area contributed by atoms with E-state index >= 15 is 0 Å². The second-order valence-corrected chi connectivity index (χ2v) is 4.92. The van der Waals surface area contributed by atoms with Gasteiger partial charge in [-0.3, -0.25) is 0 Å². The summed E-state index contributed by atoms with van der Waals surface area (Å²) < 4.78 is 6.24. The first-order chi connectivity index (χ1) is 9.81. The molecular weight excluding hydrogens is 246 g/mol. The smallest absolute Gasteiger partial charge is 0.125 e. The average molecular weight is 269 g/mol. The van der Waals surface area contributed by atoms with Crippen molar-refractivity contribution in [1.82, 2.24) is 5.32 Å². The number of hydrogen-bond donors (Lipinski definition) is 1. The molecule has 0 aliphatic heterocycles. The standard InChI is InChI=1S/C18H23NO/c1-3-19-14-13-18(16-10-5-4-6-11-16)20-17-12-8-7-9-15(17)2/h4-12,18-19H,3,13-14H2,1-2H3. The van der Waals surface area contributed by atoms with Gasteiger partial charge in [-0.2, -0.15) is 0 Å². The fourth-order valence-corrected chi connectivity index (χ4v) is 2.21. The monoisotopic (exact) mass is 269 g/mol. The van der Waals surface area contributed by atoms with Crippen molar-refractivity contribution in [2.24, 2.45) is 0 Å². The van der Waals surface area contributed by atoms with E-state index in [1.807, 2.05) is 24.3 Å². The highest BCUT2D eigenvalue weighted by Gasteiger charge is 2.13. The summed E-state index contributed by atoms with van der Waals surface area (Å²) >= 11 is 0. The zero-order valence-corrected chi connectivity index (χ0v) is 12.3. The second kappa shape index (κ2) is 7.71. The third-order valence-corrected chi connectivity index (χ3v) is 3.37. The van der Waals surface area contributed by atoms with Gasteiger partial charge in [0, 0.05) is 6.42 Å². The molecule has 0 saturated carbocycles. The van der Waals surface area contributed by atoms with E-state index in [9.17, 15) is 0 Å². The Labute approximate surface area is 121 Å². The van der Waals surface area contributed by atoms with Crippen molar-refractivity contribution in [2.75, 3.05) is 13.1 Å². The number of benzene rings is 2. The molecule has 2 heteroatoms. The van der Waals surface area contributed by atoms with Crippen molar-refractivity contribution in [2.45, 2.75) is 26.4 Å². The third-order valence-electron chi connectivity index (χ3n) is 3.37. The van der Waals surface area contributed by atoms with E-state index in [0.717, 1.165) is 25.3 Å². The van der Waals surface area contributed by atoms with Crippen LogP contribution in [0.4, 0.5) is 0 Å². The molecule has 2 rings (SSSR count). The van der Waals surface area contributed by atoms with Crippen LogP contribution in [0.5, 0.6) is 5.75 Å². The van der Waals surface area contributed by atoms with Crippen LogP contribution >= 0.6 is 0 Å². The zero-order valence-electron chi connectivity index (χ0n) is 12.3. The summed E-state index contributed by atoms with van der Waals surface area (Å²) in [6, 6.07) is 18.6. The molecule has 1 unspecified atom stereocenters. The Hall–Kier alpha value is -1.80. The highest BCUT2D eigenvalue weighted by molar-refractivity contribution is 5.33. The fourth-order valence-electron chi connectivity index (χ4n) is 2.21. The molecule has 2 nitrogen and oxygen atoms in total. The molecule has 0 bridgehead atoms. The Morgan fingerprint density at radius 3 is 2.40 bits per heavy atom. The van der Waals surface area contributed by atoms with Crippen LogP contribution in [-0.2, 0) is 0 Å². The van der Waals surface area contributed by atoms with Crippen LogP contribution in [0.15, 0.2) is 54.6 Å². The molecule has 1 N–H and O–H groups in total. The van der Waals surface area contributed by atoms with Crippen LogP contribution in [0.3, 0.4) is 0 Å². The van der Waals surface area contributed by atoms with Gasteiger partial charge in [0.2, 0.25) is 0 Å². The van der Waals surface area contributed by atoms with Crippen molar-refractivity contribution in [1.29, 1.82) is 0 Å². The Morgan fingerprint density at radius 2 is 1.70 bits per heavy atom. The van der Waals surface area contributed by atoms with Gasteiger partial charge in [-0.15, -0.1) is 0 Å². The maximum atomic E-state index is 6.24. The van der Waals surface area contributed by atoms with Crippen LogP contribution in [-0.4, -0.2) is 13.1 Å². The first-order valence-corrected chi connectivity index (χ1v) is 7.29. The summed E-state index contributed by atoms with van der Waals surface area (Å²) in [6.45, 7) is 6.16. The summed E-state index contributed by atoms with van der Waals surface area (Å²) in [4.78, 5) is 0. The zero-order chi connectivity index (χ0) is 14.2. The summed E-state index contributed by atoms with van der Waals surface area (Å²) in [5.74, 6) is 0.970. The normalized spacial score (nSPS) is 12.1. The number of hydrogen-bond acceptors (Lipinski definition) is 2. The number of ether oxygens (including phenoxy) is 1. The van der Waals surface area contributed by atoms with E-state index < -0.39 is 0 Å². The fraction of sp³-hybridized carbons (Fsp3) is 0.333. The van der Waals surface area contributed by atoms with Gasteiger partial charge in [0.25, 0.3) is 0 Å². The molecule has 1 atom stereocenters. The van der Waals surface area contributed by atoms with Gasteiger partial charge in [-0.05, 0) is 37.2 Å². The Balaban J connectivity index is 2.12. The van der Waals surface area contributed by atoms with Crippen molar-refractivity contribution in [3.05, 3.63) is 65.7 Å². The van der Waals surface area contributed by atoms with Gasteiger partial charge >= 0.3 is 0 Å². The Bertz CT molecular complexity index is 510. The highest BCUT2D eigenvalue weighted by Crippen LogP contribution is 2.26. The molecule has 0 aromatic heterocycles. The molecule has 20 heavy (non-hydrogen) atoms. The minimum Gasteiger partial charge on any atom is -0.485 e. The molecule has 2 aromatic rings. The summed E-state index contributed by atoms with van der Waals surface area (Å²) in [6.07, 6.45) is 1.06. The van der Waals surface area contributed by atoms with Gasteiger partial charge in [-0.1, -0.05) is 55.5 Å². The molecule has 106 valence electrons. The van der Waals surface area contributed by atoms with E-state index in [1.54, 1.807) is 0 Å². The van der Waals surface area contributed by atoms with Crippen LogP contribution in [0.1, 0.15) is 30.6 Å². The predicted molar refractivity (Wildman–Crippen MR) is 84.2 cm³/mol. The van der Waals surface area contributed by atoms with E-state index in [-0.39, 0.29) is 6.10 Å². The average Bonchev–Trinajstić information content (AvgIpc) is 2.49. The highest BCUT2D eigenvalue weighted by atomic mass is 16.5. The third kappa shape index (κ3) is 4.10. The predicted octanol–water partition coefficient (Wildman–Crippen LogP) is 4.11. The Morgan fingerprint density at radius 1 is 1.00 bits per heavy atom. The van der Waals surface area contributed by atoms with Gasteiger partial charge < -0.3 is 10.1 Å². The maximum absolute atomic E-state index is 6.24. The molecule has 0 radical (unpaired) electrons. The minimum absolute atomic E-state index is 0.0938. The van der Waals surface area contributed by atoms with Crippen LogP contribution in [0, 0.1) is 6.92 Å². The Kier molecular flexibility index (Phi) is 5.63. The summed E-state index contributed by atoms with van der Waals surface area (Å²) in [5, 5.41) is 3.37. The van der Waals surface area contributed by atoms with Gasteiger partial charge in [0.05, 0.1) is 0 Å². The van der Waals surface area contributed by atoms with Crippen molar-refractivity contribution in [3.63, 3.8) is 0 Å². The molecule has 0 spiro atoms. The first kappa shape index (κ1) is 14.6. The molecule has 0 amide bonds. The van der Waals surface area contributed by atoms with Crippen LogP contribution in [0.25, 0.3) is 0 Å². The first-order valence-electron chi connectivity index (χ1n) is 7.29. The van der Waals surface area contributed by atoms with Crippen molar-refractivity contribution in [3.8, 4) is 5.75 Å². The maximum Gasteiger partial charge on any atom is 0.125 e. The quantitative estimate of drug-likeness (QED) is 0.764. The molecular formula is C18H23NO. The van der Waals surface area contributed by atoms with Gasteiger partial charge in [0.1, 0.15) is 11.9 Å². The lowest BCUT2D eigenvalue weighted by atomic mass is 10.1. The summed E-state index contributed by atoms with van der Waals surface area (Å²) in [7, 11) is 0. The molecule has 2 aromatic carbocycles. The van der Waals surface area contributed by atoms with E-state index in [1.165, 1.54) is 11.1 Å². The van der Waals surface area contributed by atoms with Crippen molar-refractivity contribution < 1.29 is 4.74 Å². The SMILES string of the molecule is CCNCCC(Oc1ccccc1C)c1ccccc1. The van der Waals surface area contributed by atoms with Gasteiger partial charge in [0.15, 0.2) is 0 Å². The molecule has 0 fully saturated rings. The summed E-state index contributed by atoms with van der Waals surface area (Å²) in [5.41, 5.74) is 2.41. The van der Waals surface area contributed by atoms with E-state index in [4.69, 9.17) is 4.74 Å². The number of para-hydroxylation sites is 1. The molecule has 0 aliphatic carbocycles. The number of nitrogens with one attached hydrogen (secondary N) is 1. The number of aryl methyl sites for hydroxylation is 1. The van der Waals surface area contributed by atoms with Gasteiger partial charge in [-0.25, -0.2) is 0 Å². The largest absolute Gasteiger partial charge is 0.485 e. The number of rotatable bonds is 7. The van der Waals surface area contributed by atoms with Crippen molar-refractivity contribution >= 4 is 0 Å². The topological polar surface area (TPSA) is 21.3 Å². The van der Waals surface area contributed by atoms with E-state index in [2.05, 4.69) is 49.5 Å². The van der Waals surface area contributed by atoms with Crippen LogP contribution in [0.2, 0.25) is 0 Å².